The van der Waals surface area contributed by atoms with Crippen LogP contribution in [0.25, 0.3) is 0 Å². The summed E-state index contributed by atoms with van der Waals surface area (Å²) in [6, 6.07) is 9.78. The summed E-state index contributed by atoms with van der Waals surface area (Å²) < 4.78 is 0. The number of nitrogens with one attached hydrogen (secondary N) is 1. The fourth-order valence-corrected chi connectivity index (χ4v) is 2.26. The molecule has 0 fully saturated rings. The molecule has 1 atom stereocenters. The second-order valence-corrected chi connectivity index (χ2v) is 4.50. The molecule has 6 heteroatoms. The van der Waals surface area contributed by atoms with Gasteiger partial charge < -0.3 is 10.0 Å². The van der Waals surface area contributed by atoms with Crippen molar-refractivity contribution in [1.82, 2.24) is 10.5 Å². The van der Waals surface area contributed by atoms with Gasteiger partial charge in [0, 0.05) is 19.7 Å². The molecule has 1 aliphatic rings. The van der Waals surface area contributed by atoms with Crippen LogP contribution in [0.4, 0.5) is 0 Å². The average Bonchev–Trinajstić information content (AvgIpc) is 2.78. The fraction of sp³-hybridized carbons (Fsp3) is 0.385. The van der Waals surface area contributed by atoms with E-state index in [0.29, 0.717) is 13.0 Å². The van der Waals surface area contributed by atoms with E-state index >= 15 is 0 Å². The van der Waals surface area contributed by atoms with Gasteiger partial charge in [-0.3, -0.25) is 5.01 Å². The molecule has 1 heterocycles. The lowest BCUT2D eigenvalue weighted by Crippen LogP contribution is -2.53. The summed E-state index contributed by atoms with van der Waals surface area (Å²) >= 11 is 0. The zero-order valence-corrected chi connectivity index (χ0v) is 11.1. The van der Waals surface area contributed by atoms with Crippen LogP contribution >= 0.6 is 0 Å². The molecule has 0 radical (unpaired) electrons. The maximum Gasteiger partial charge on any atom is 0.111 e. The molecule has 0 aliphatic carbocycles. The van der Waals surface area contributed by atoms with Gasteiger partial charge in [0.2, 0.25) is 0 Å². The van der Waals surface area contributed by atoms with Crippen molar-refractivity contribution < 1.29 is 10.0 Å². The molecule has 0 saturated carbocycles. The van der Waals surface area contributed by atoms with Crippen LogP contribution in [0.15, 0.2) is 40.6 Å². The monoisotopic (exact) mass is 262 g/mol. The minimum Gasteiger partial charge on any atom is -0.399 e. The van der Waals surface area contributed by atoms with E-state index in [4.69, 9.17) is 0 Å². The van der Waals surface area contributed by atoms with Crippen LogP contribution < -0.4 is 5.48 Å². The lowest BCUT2D eigenvalue weighted by molar-refractivity contribution is 0.0929. The number of hydrogen-bond donors (Lipinski definition) is 2. The number of hydrogen-bond acceptors (Lipinski definition) is 6. The number of hydroxylamine groups is 1. The van der Waals surface area contributed by atoms with E-state index in [9.17, 15) is 5.21 Å². The second-order valence-electron chi connectivity index (χ2n) is 4.50. The summed E-state index contributed by atoms with van der Waals surface area (Å²) in [5.41, 5.74) is 3.49. The normalized spacial score (nSPS) is 22.9. The molecule has 2 rings (SSSR count). The summed E-state index contributed by atoms with van der Waals surface area (Å²) in [4.78, 5) is 4.67. The molecule has 19 heavy (non-hydrogen) atoms. The predicted molar refractivity (Wildman–Crippen MR) is 73.4 cm³/mol. The van der Waals surface area contributed by atoms with E-state index in [-0.39, 0.29) is 0 Å². The third kappa shape index (κ3) is 2.74. The highest BCUT2D eigenvalue weighted by Gasteiger charge is 2.41. The van der Waals surface area contributed by atoms with Crippen molar-refractivity contribution >= 4 is 11.9 Å². The smallest absolute Gasteiger partial charge is 0.111 e. The summed E-state index contributed by atoms with van der Waals surface area (Å²) in [6.07, 6.45) is 2.11. The Balaban J connectivity index is 2.32. The van der Waals surface area contributed by atoms with E-state index in [1.54, 1.807) is 11.2 Å². The summed E-state index contributed by atoms with van der Waals surface area (Å²) in [5, 5.41) is 19.6. The number of benzene rings is 1. The van der Waals surface area contributed by atoms with E-state index in [0.717, 1.165) is 11.3 Å². The maximum atomic E-state index is 9.61. The van der Waals surface area contributed by atoms with Gasteiger partial charge >= 0.3 is 0 Å². The molecule has 102 valence electrons. The summed E-state index contributed by atoms with van der Waals surface area (Å²) in [6.45, 7) is 0.559. The van der Waals surface area contributed by atoms with E-state index in [1.165, 1.54) is 7.11 Å². The molecule has 1 unspecified atom stereocenters. The van der Waals surface area contributed by atoms with Crippen LogP contribution in [0.1, 0.15) is 12.0 Å². The standard InChI is InChI=1S/C13H18N4O2/c1-17-10-13(16-18,8-9-14-19-2)12(15-17)11-6-4-3-5-7-11/h3-7,9,16,18H,8,10H2,1-2H3. The van der Waals surface area contributed by atoms with Gasteiger partial charge in [0.05, 0.1) is 12.3 Å². The third-order valence-corrected chi connectivity index (χ3v) is 3.10. The molecule has 0 spiro atoms. The fourth-order valence-electron chi connectivity index (χ4n) is 2.26. The average molecular weight is 262 g/mol. The van der Waals surface area contributed by atoms with Crippen molar-refractivity contribution in [2.24, 2.45) is 10.3 Å². The van der Waals surface area contributed by atoms with Crippen molar-refractivity contribution in [2.75, 3.05) is 20.7 Å². The van der Waals surface area contributed by atoms with Gasteiger partial charge in [0.15, 0.2) is 0 Å². The zero-order chi connectivity index (χ0) is 13.7. The first-order chi connectivity index (χ1) is 9.22. The molecule has 0 saturated heterocycles. The number of hydrazone groups is 1. The van der Waals surface area contributed by atoms with Crippen molar-refractivity contribution in [3.05, 3.63) is 35.9 Å². The molecular weight excluding hydrogens is 244 g/mol. The molecule has 1 aromatic rings. The molecule has 0 aromatic heterocycles. The van der Waals surface area contributed by atoms with Crippen molar-refractivity contribution in [3.63, 3.8) is 0 Å². The zero-order valence-electron chi connectivity index (χ0n) is 11.1. The summed E-state index contributed by atoms with van der Waals surface area (Å²) in [7, 11) is 3.36. The van der Waals surface area contributed by atoms with Gasteiger partial charge in [-0.1, -0.05) is 35.5 Å². The van der Waals surface area contributed by atoms with E-state index in [1.807, 2.05) is 37.4 Å². The van der Waals surface area contributed by atoms with Crippen LogP contribution in [-0.4, -0.2) is 48.4 Å². The Hall–Kier alpha value is -1.92. The van der Waals surface area contributed by atoms with Gasteiger partial charge in [-0.25, -0.2) is 0 Å². The Morgan fingerprint density at radius 2 is 2.26 bits per heavy atom. The van der Waals surface area contributed by atoms with Crippen molar-refractivity contribution in [3.8, 4) is 0 Å². The second kappa shape index (κ2) is 5.81. The quantitative estimate of drug-likeness (QED) is 0.615. The van der Waals surface area contributed by atoms with Crippen LogP contribution in [-0.2, 0) is 4.84 Å². The molecule has 0 amide bonds. The predicted octanol–water partition coefficient (Wildman–Crippen LogP) is 1.08. The molecular formula is C13H18N4O2. The molecule has 0 bridgehead atoms. The number of likely N-dealkylation sites (N-methyl/N-ethyl adjacent to an activating group) is 1. The van der Waals surface area contributed by atoms with Gasteiger partial charge in [0.25, 0.3) is 0 Å². The number of nitrogens with zero attached hydrogens (tertiary/aromatic N) is 3. The largest absolute Gasteiger partial charge is 0.399 e. The van der Waals surface area contributed by atoms with E-state index < -0.39 is 5.54 Å². The van der Waals surface area contributed by atoms with Crippen molar-refractivity contribution in [1.29, 1.82) is 0 Å². The van der Waals surface area contributed by atoms with Gasteiger partial charge in [-0.15, -0.1) is 0 Å². The van der Waals surface area contributed by atoms with Crippen molar-refractivity contribution in [2.45, 2.75) is 12.0 Å². The molecule has 6 nitrogen and oxygen atoms in total. The lowest BCUT2D eigenvalue weighted by Gasteiger charge is -2.27. The highest BCUT2D eigenvalue weighted by molar-refractivity contribution is 6.09. The van der Waals surface area contributed by atoms with Crippen LogP contribution in [0.2, 0.25) is 0 Å². The first kappa shape index (κ1) is 13.5. The van der Waals surface area contributed by atoms with Gasteiger partial charge in [0.1, 0.15) is 12.6 Å². The van der Waals surface area contributed by atoms with Gasteiger partial charge in [-0.2, -0.15) is 10.6 Å². The highest BCUT2D eigenvalue weighted by atomic mass is 16.6. The Morgan fingerprint density at radius 1 is 1.53 bits per heavy atom. The van der Waals surface area contributed by atoms with E-state index in [2.05, 4.69) is 20.6 Å². The Kier molecular flexibility index (Phi) is 4.13. The van der Waals surface area contributed by atoms with Gasteiger partial charge in [-0.05, 0) is 5.56 Å². The Morgan fingerprint density at radius 3 is 2.89 bits per heavy atom. The number of oxime groups is 1. The first-order valence-electron chi connectivity index (χ1n) is 6.04. The SMILES string of the molecule is CON=CCC1(NO)CN(C)N=C1c1ccccc1. The Labute approximate surface area is 112 Å². The molecule has 2 N–H and O–H groups in total. The minimum atomic E-state index is -0.669. The topological polar surface area (TPSA) is 69.4 Å². The molecule has 1 aromatic carbocycles. The Bertz CT molecular complexity index is 475. The minimum absolute atomic E-state index is 0.482. The third-order valence-electron chi connectivity index (χ3n) is 3.10. The first-order valence-corrected chi connectivity index (χ1v) is 6.04. The van der Waals surface area contributed by atoms with Crippen LogP contribution in [0.5, 0.6) is 0 Å². The highest BCUT2D eigenvalue weighted by Crippen LogP contribution is 2.25. The maximum absolute atomic E-state index is 9.61. The summed E-state index contributed by atoms with van der Waals surface area (Å²) in [5.74, 6) is 0. The van der Waals surface area contributed by atoms with Crippen LogP contribution in [0.3, 0.4) is 0 Å². The lowest BCUT2D eigenvalue weighted by atomic mass is 9.87. The molecule has 1 aliphatic heterocycles. The number of rotatable bonds is 5. The van der Waals surface area contributed by atoms with Crippen LogP contribution in [0, 0.1) is 0 Å².